The average Bonchev–Trinajstić information content (AvgIpc) is 2.69. The van der Waals surface area contributed by atoms with Crippen LogP contribution in [0.4, 0.5) is 0 Å². The minimum absolute atomic E-state index is 0.106. The number of nitrogens with zero attached hydrogens (tertiary/aromatic N) is 4. The van der Waals surface area contributed by atoms with Crippen LogP contribution in [0.5, 0.6) is 0 Å². The van der Waals surface area contributed by atoms with Gasteiger partial charge in [0, 0.05) is 7.05 Å². The van der Waals surface area contributed by atoms with Crippen molar-refractivity contribution in [2.45, 2.75) is 52.7 Å². The van der Waals surface area contributed by atoms with Crippen LogP contribution < -0.4 is 5.32 Å². The Balaban J connectivity index is 2.41. The van der Waals surface area contributed by atoms with Gasteiger partial charge >= 0.3 is 0 Å². The second-order valence-electron chi connectivity index (χ2n) is 7.12. The van der Waals surface area contributed by atoms with Crippen molar-refractivity contribution >= 4 is 11.8 Å². The van der Waals surface area contributed by atoms with Gasteiger partial charge in [-0.15, -0.1) is 0 Å². The lowest BCUT2D eigenvalue weighted by Crippen LogP contribution is -2.70. The lowest BCUT2D eigenvalue weighted by molar-refractivity contribution is -0.159. The van der Waals surface area contributed by atoms with E-state index in [1.165, 1.54) is 6.33 Å². The van der Waals surface area contributed by atoms with Crippen molar-refractivity contribution in [1.29, 1.82) is 0 Å². The van der Waals surface area contributed by atoms with E-state index in [1.54, 1.807) is 30.5 Å². The number of amides is 2. The van der Waals surface area contributed by atoms with E-state index in [9.17, 15) is 9.59 Å². The summed E-state index contributed by atoms with van der Waals surface area (Å²) in [6, 6.07) is -0.533. The molecule has 7 heteroatoms. The Morgan fingerprint density at radius 3 is 2.43 bits per heavy atom. The fourth-order valence-electron chi connectivity index (χ4n) is 2.69. The van der Waals surface area contributed by atoms with Gasteiger partial charge in [-0.1, -0.05) is 20.8 Å². The Bertz CT molecular complexity index is 570. The average molecular weight is 293 g/mol. The summed E-state index contributed by atoms with van der Waals surface area (Å²) in [6.45, 7) is 9.56. The summed E-state index contributed by atoms with van der Waals surface area (Å²) < 4.78 is 1.62. The molecule has 2 heterocycles. The lowest BCUT2D eigenvalue weighted by Gasteiger charge is -2.47. The fourth-order valence-corrected chi connectivity index (χ4v) is 2.69. The minimum Gasteiger partial charge on any atom is -0.340 e. The largest absolute Gasteiger partial charge is 0.340 e. The number of hydrogen-bond acceptors (Lipinski definition) is 4. The molecule has 1 N–H and O–H groups in total. The number of nitrogens with one attached hydrogen (secondary N) is 1. The second kappa shape index (κ2) is 4.82. The quantitative estimate of drug-likeness (QED) is 0.859. The molecule has 0 bridgehead atoms. The van der Waals surface area contributed by atoms with Gasteiger partial charge in [0.15, 0.2) is 0 Å². The maximum Gasteiger partial charge on any atom is 0.248 e. The highest BCUT2D eigenvalue weighted by molar-refractivity contribution is 5.99. The molecule has 1 aliphatic rings. The highest BCUT2D eigenvalue weighted by Gasteiger charge is 2.49. The summed E-state index contributed by atoms with van der Waals surface area (Å²) in [6.07, 6.45) is 1.45. The second-order valence-corrected chi connectivity index (χ2v) is 7.12. The highest BCUT2D eigenvalue weighted by Crippen LogP contribution is 2.31. The Morgan fingerprint density at radius 1 is 1.33 bits per heavy atom. The van der Waals surface area contributed by atoms with Crippen molar-refractivity contribution in [3.63, 3.8) is 0 Å². The maximum atomic E-state index is 12.7. The SMILES string of the molecule is Cn1ncnc1CN1C(=O)C(C)(C)NC(=O)C1C(C)(C)C. The zero-order chi connectivity index (χ0) is 16.0. The first-order chi connectivity index (χ1) is 9.54. The molecule has 0 aromatic carbocycles. The van der Waals surface area contributed by atoms with E-state index in [-0.39, 0.29) is 23.8 Å². The summed E-state index contributed by atoms with van der Waals surface area (Å²) in [7, 11) is 1.77. The van der Waals surface area contributed by atoms with Crippen LogP contribution in [0, 0.1) is 5.41 Å². The van der Waals surface area contributed by atoms with Crippen LogP contribution in [-0.2, 0) is 23.2 Å². The van der Waals surface area contributed by atoms with Gasteiger partial charge < -0.3 is 10.2 Å². The van der Waals surface area contributed by atoms with Gasteiger partial charge in [0.2, 0.25) is 11.8 Å². The van der Waals surface area contributed by atoms with Gasteiger partial charge in [0.1, 0.15) is 23.7 Å². The summed E-state index contributed by atoms with van der Waals surface area (Å²) in [4.78, 5) is 31.0. The third-order valence-corrected chi connectivity index (χ3v) is 3.73. The third-order valence-electron chi connectivity index (χ3n) is 3.73. The van der Waals surface area contributed by atoms with Crippen LogP contribution in [0.15, 0.2) is 6.33 Å². The van der Waals surface area contributed by atoms with Crippen molar-refractivity contribution in [3.8, 4) is 0 Å². The van der Waals surface area contributed by atoms with Crippen LogP contribution in [0.2, 0.25) is 0 Å². The van der Waals surface area contributed by atoms with Gasteiger partial charge in [-0.25, -0.2) is 4.98 Å². The number of carbonyl (C=O) groups excluding carboxylic acids is 2. The molecule has 0 radical (unpaired) electrons. The van der Waals surface area contributed by atoms with E-state index in [0.717, 1.165) is 0 Å². The molecule has 1 saturated heterocycles. The van der Waals surface area contributed by atoms with Crippen LogP contribution in [-0.4, -0.2) is 43.1 Å². The summed E-state index contributed by atoms with van der Waals surface area (Å²) in [5.41, 5.74) is -1.27. The van der Waals surface area contributed by atoms with Crippen molar-refractivity contribution in [2.75, 3.05) is 0 Å². The van der Waals surface area contributed by atoms with Crippen molar-refractivity contribution in [1.82, 2.24) is 25.0 Å². The zero-order valence-corrected chi connectivity index (χ0v) is 13.5. The summed E-state index contributed by atoms with van der Waals surface area (Å²) in [5.74, 6) is 0.419. The van der Waals surface area contributed by atoms with Crippen LogP contribution in [0.25, 0.3) is 0 Å². The monoisotopic (exact) mass is 293 g/mol. The van der Waals surface area contributed by atoms with Crippen molar-refractivity contribution in [2.24, 2.45) is 12.5 Å². The number of aryl methyl sites for hydroxylation is 1. The molecule has 2 amide bonds. The van der Waals surface area contributed by atoms with E-state index in [4.69, 9.17) is 0 Å². The summed E-state index contributed by atoms with van der Waals surface area (Å²) >= 11 is 0. The maximum absolute atomic E-state index is 12.7. The van der Waals surface area contributed by atoms with Crippen molar-refractivity contribution < 1.29 is 9.59 Å². The number of aromatic nitrogens is 3. The van der Waals surface area contributed by atoms with Gasteiger partial charge in [0.25, 0.3) is 0 Å². The molecule has 1 atom stereocenters. The van der Waals surface area contributed by atoms with Crippen LogP contribution >= 0.6 is 0 Å². The molecule has 0 spiro atoms. The molecule has 1 fully saturated rings. The minimum atomic E-state index is -0.905. The molecular weight excluding hydrogens is 270 g/mol. The predicted octanol–water partition coefficient (Wildman–Crippen LogP) is 0.467. The van der Waals surface area contributed by atoms with E-state index in [1.807, 2.05) is 20.8 Å². The Hall–Kier alpha value is -1.92. The lowest BCUT2D eigenvalue weighted by atomic mass is 9.81. The molecule has 1 aromatic rings. The first-order valence-corrected chi connectivity index (χ1v) is 7.00. The first kappa shape index (κ1) is 15.5. The third kappa shape index (κ3) is 2.77. The number of piperazine rings is 1. The normalized spacial score (nSPS) is 22.4. The first-order valence-electron chi connectivity index (χ1n) is 7.00. The number of rotatable bonds is 2. The Kier molecular flexibility index (Phi) is 3.55. The zero-order valence-electron chi connectivity index (χ0n) is 13.5. The molecule has 1 aromatic heterocycles. The van der Waals surface area contributed by atoms with Gasteiger partial charge in [-0.05, 0) is 19.3 Å². The van der Waals surface area contributed by atoms with E-state index in [0.29, 0.717) is 5.82 Å². The molecule has 21 heavy (non-hydrogen) atoms. The molecular formula is C14H23N5O2. The van der Waals surface area contributed by atoms with Gasteiger partial charge in [-0.2, -0.15) is 5.10 Å². The molecule has 0 saturated carbocycles. The van der Waals surface area contributed by atoms with Crippen LogP contribution in [0.3, 0.4) is 0 Å². The summed E-state index contributed by atoms with van der Waals surface area (Å²) in [5, 5.41) is 6.83. The molecule has 7 nitrogen and oxygen atoms in total. The molecule has 1 aliphatic heterocycles. The molecule has 2 rings (SSSR count). The molecule has 116 valence electrons. The predicted molar refractivity (Wildman–Crippen MR) is 77.0 cm³/mol. The van der Waals surface area contributed by atoms with Gasteiger partial charge in [0.05, 0.1) is 6.54 Å². The van der Waals surface area contributed by atoms with Gasteiger partial charge in [-0.3, -0.25) is 14.3 Å². The number of hydrogen-bond donors (Lipinski definition) is 1. The van der Waals surface area contributed by atoms with E-state index >= 15 is 0 Å². The smallest absolute Gasteiger partial charge is 0.248 e. The Labute approximate surface area is 124 Å². The standard InChI is InChI=1S/C14H23N5O2/c1-13(2,3)10-11(20)17-14(4,5)12(21)19(10)7-9-15-8-16-18(9)6/h8,10H,7H2,1-6H3,(H,17,20). The van der Waals surface area contributed by atoms with E-state index in [2.05, 4.69) is 15.4 Å². The topological polar surface area (TPSA) is 80.1 Å². The number of carbonyl (C=O) groups is 2. The molecule has 1 unspecified atom stereocenters. The van der Waals surface area contributed by atoms with E-state index < -0.39 is 11.6 Å². The fraction of sp³-hybridized carbons (Fsp3) is 0.714. The highest BCUT2D eigenvalue weighted by atomic mass is 16.2. The molecule has 0 aliphatic carbocycles. The van der Waals surface area contributed by atoms with Crippen molar-refractivity contribution in [3.05, 3.63) is 12.2 Å². The Morgan fingerprint density at radius 2 is 1.95 bits per heavy atom. The van der Waals surface area contributed by atoms with Crippen LogP contribution in [0.1, 0.15) is 40.4 Å².